The Kier molecular flexibility index (Phi) is 10.2. The van der Waals surface area contributed by atoms with Crippen LogP contribution in [0.4, 0.5) is 0 Å². The van der Waals surface area contributed by atoms with Crippen LogP contribution < -0.4 is 0 Å². The van der Waals surface area contributed by atoms with E-state index < -0.39 is 0 Å². The van der Waals surface area contributed by atoms with Gasteiger partial charge in [0.2, 0.25) is 0 Å². The van der Waals surface area contributed by atoms with Gasteiger partial charge < -0.3 is 0 Å². The van der Waals surface area contributed by atoms with Gasteiger partial charge in [-0.25, -0.2) is 0 Å². The van der Waals surface area contributed by atoms with Crippen LogP contribution in [0, 0.1) is 5.92 Å². The molecule has 0 heterocycles. The minimum atomic E-state index is 0.925. The highest BCUT2D eigenvalue weighted by molar-refractivity contribution is 8.67. The lowest BCUT2D eigenvalue weighted by molar-refractivity contribution is 0.750. The Labute approximate surface area is 67.4 Å². The molecule has 56 valence electrons. The first kappa shape index (κ1) is 11.2. The summed E-state index contributed by atoms with van der Waals surface area (Å²) in [4.78, 5) is 0. The highest BCUT2D eigenvalue weighted by atomic mass is 32.7. The van der Waals surface area contributed by atoms with E-state index in [0.717, 1.165) is 13.9 Å². The minimum Gasteiger partial charge on any atom is -0.110 e. The Balaban J connectivity index is 2.75. The van der Waals surface area contributed by atoms with Crippen molar-refractivity contribution in [3.05, 3.63) is 0 Å². The summed E-state index contributed by atoms with van der Waals surface area (Å²) in [6.45, 7) is 4.62. The van der Waals surface area contributed by atoms with Crippen LogP contribution >= 0.6 is 41.1 Å². The fourth-order valence-electron chi connectivity index (χ4n) is 0.335. The van der Waals surface area contributed by atoms with E-state index in [9.17, 15) is 0 Å². The van der Waals surface area contributed by atoms with Gasteiger partial charge in [-0.15, -0.1) is 8.93 Å². The molecule has 0 aromatic rings. The summed E-state index contributed by atoms with van der Waals surface area (Å²) >= 11 is 0. The summed E-state index contributed by atoms with van der Waals surface area (Å²) in [6.07, 6.45) is 1.46. The summed E-state index contributed by atoms with van der Waals surface area (Å²) in [6, 6.07) is 0. The summed E-state index contributed by atoms with van der Waals surface area (Å²) in [5.41, 5.74) is 0. The molecule has 0 saturated heterocycles. The van der Waals surface area contributed by atoms with Crippen molar-refractivity contribution >= 4 is 41.1 Å². The van der Waals surface area contributed by atoms with Gasteiger partial charge >= 0.3 is 0 Å². The Morgan fingerprint density at radius 2 is 2.00 bits per heavy atom. The van der Waals surface area contributed by atoms with Crippen LogP contribution in [0.3, 0.4) is 0 Å². The predicted octanol–water partition coefficient (Wildman–Crippen LogP) is 3.89. The Bertz CT molecular complexity index is 54.9. The van der Waals surface area contributed by atoms with E-state index >= 15 is 0 Å². The predicted molar refractivity (Wildman–Crippen MR) is 62.7 cm³/mol. The maximum atomic E-state index is 2.83. The Morgan fingerprint density at radius 3 is 2.44 bits per heavy atom. The molecule has 0 radical (unpaired) electrons. The van der Waals surface area contributed by atoms with Crippen molar-refractivity contribution in [2.75, 3.05) is 6.16 Å². The standard InChI is InChI=1S/C4H15P5/c1-4(2)3-6-8-9-7-5/h4,6-9H,3,5H2,1-2H3. The number of hydrogen-bond donors (Lipinski definition) is 0. The van der Waals surface area contributed by atoms with Crippen molar-refractivity contribution in [3.8, 4) is 0 Å². The van der Waals surface area contributed by atoms with Gasteiger partial charge in [-0.05, 0) is 12.1 Å². The topological polar surface area (TPSA) is 0 Å². The first-order valence-electron chi connectivity index (χ1n) is 2.96. The molecule has 0 rings (SSSR count). The highest BCUT2D eigenvalue weighted by Crippen LogP contribution is 2.65. The van der Waals surface area contributed by atoms with Gasteiger partial charge in [0.15, 0.2) is 0 Å². The normalized spacial score (nSPS) is 16.0. The first-order chi connectivity index (χ1) is 4.27. The lowest BCUT2D eigenvalue weighted by Crippen LogP contribution is -1.84. The van der Waals surface area contributed by atoms with Gasteiger partial charge in [-0.3, -0.25) is 0 Å². The smallest absolute Gasteiger partial charge is 0.0290 e. The molecule has 5 heteroatoms. The zero-order valence-electron chi connectivity index (χ0n) is 5.86. The monoisotopic (exact) mass is 218 g/mol. The second kappa shape index (κ2) is 8.25. The van der Waals surface area contributed by atoms with E-state index in [4.69, 9.17) is 0 Å². The molecular formula is C4H15P5. The lowest BCUT2D eigenvalue weighted by atomic mass is 10.3. The second-order valence-corrected chi connectivity index (χ2v) is 14.2. The van der Waals surface area contributed by atoms with Crippen LogP contribution in [0.25, 0.3) is 0 Å². The van der Waals surface area contributed by atoms with E-state index in [1.807, 2.05) is 0 Å². The zero-order valence-corrected chi connectivity index (χ0v) is 11.0. The molecule has 0 spiro atoms. The van der Waals surface area contributed by atoms with Gasteiger partial charge in [-0.1, -0.05) is 46.0 Å². The highest BCUT2D eigenvalue weighted by Gasteiger charge is 1.91. The van der Waals surface area contributed by atoms with Gasteiger partial charge in [-0.2, -0.15) is 0 Å². The van der Waals surface area contributed by atoms with Crippen molar-refractivity contribution < 1.29 is 0 Å². The summed E-state index contributed by atoms with van der Waals surface area (Å²) in [7, 11) is 7.72. The van der Waals surface area contributed by atoms with Crippen molar-refractivity contribution in [2.45, 2.75) is 13.8 Å². The maximum Gasteiger partial charge on any atom is -0.0290 e. The molecule has 0 amide bonds. The average molecular weight is 218 g/mol. The molecule has 9 heavy (non-hydrogen) atoms. The van der Waals surface area contributed by atoms with Crippen molar-refractivity contribution in [3.63, 3.8) is 0 Å². The molecule has 0 saturated carbocycles. The van der Waals surface area contributed by atoms with E-state index in [2.05, 4.69) is 22.8 Å². The SMILES string of the molecule is CC(C)CPPPPP. The fraction of sp³-hybridized carbons (Fsp3) is 1.00. The molecule has 0 bridgehead atoms. The van der Waals surface area contributed by atoms with Crippen LogP contribution in [-0.2, 0) is 0 Å². The third-order valence-corrected chi connectivity index (χ3v) is 15.4. The molecule has 0 nitrogen and oxygen atoms in total. The molecule has 0 aliphatic heterocycles. The van der Waals surface area contributed by atoms with E-state index in [-0.39, 0.29) is 0 Å². The van der Waals surface area contributed by atoms with Crippen LogP contribution in [-0.4, -0.2) is 6.16 Å². The van der Waals surface area contributed by atoms with Crippen LogP contribution in [0.2, 0.25) is 0 Å². The van der Waals surface area contributed by atoms with Crippen LogP contribution in [0.5, 0.6) is 0 Å². The average Bonchev–Trinajstić information content (AvgIpc) is 1.80. The molecule has 5 unspecified atom stereocenters. The number of rotatable bonds is 5. The van der Waals surface area contributed by atoms with Crippen LogP contribution in [0.15, 0.2) is 0 Å². The largest absolute Gasteiger partial charge is 0.110 e. The Hall–Kier alpha value is 2.15. The van der Waals surface area contributed by atoms with Crippen molar-refractivity contribution in [1.82, 2.24) is 0 Å². The molecule has 0 aromatic carbocycles. The number of hydrogen-bond acceptors (Lipinski definition) is 0. The molecule has 0 aromatic heterocycles. The summed E-state index contributed by atoms with van der Waals surface area (Å²) < 4.78 is 0. The molecular weight excluding hydrogens is 203 g/mol. The summed E-state index contributed by atoms with van der Waals surface area (Å²) in [5, 5.41) is 0. The molecule has 0 N–H and O–H groups in total. The first-order valence-corrected chi connectivity index (χ1v) is 12.0. The molecule has 0 aliphatic carbocycles. The van der Waals surface area contributed by atoms with Gasteiger partial charge in [0.1, 0.15) is 0 Å². The third-order valence-electron chi connectivity index (χ3n) is 0.733. The molecule has 0 fully saturated rings. The van der Waals surface area contributed by atoms with Gasteiger partial charge in [0.25, 0.3) is 0 Å². The third kappa shape index (κ3) is 10.2. The quantitative estimate of drug-likeness (QED) is 0.485. The maximum absolute atomic E-state index is 2.83. The van der Waals surface area contributed by atoms with Crippen molar-refractivity contribution in [1.29, 1.82) is 0 Å². The van der Waals surface area contributed by atoms with Crippen molar-refractivity contribution in [2.24, 2.45) is 5.92 Å². The second-order valence-electron chi connectivity index (χ2n) is 2.17. The van der Waals surface area contributed by atoms with E-state index in [0.29, 0.717) is 0 Å². The minimum absolute atomic E-state index is 0.925. The molecule has 0 aliphatic rings. The van der Waals surface area contributed by atoms with Crippen LogP contribution in [0.1, 0.15) is 13.8 Å². The molecule has 5 atom stereocenters. The summed E-state index contributed by atoms with van der Waals surface area (Å²) in [5.74, 6) is 0.925. The lowest BCUT2D eigenvalue weighted by Gasteiger charge is -2.02. The van der Waals surface area contributed by atoms with Gasteiger partial charge in [0, 0.05) is 0 Å². The van der Waals surface area contributed by atoms with Gasteiger partial charge in [0.05, 0.1) is 0 Å². The van der Waals surface area contributed by atoms with E-state index in [1.54, 1.807) is 0 Å². The Morgan fingerprint density at radius 1 is 1.33 bits per heavy atom. The zero-order chi connectivity index (χ0) is 7.11. The van der Waals surface area contributed by atoms with E-state index in [1.165, 1.54) is 30.3 Å². The fourth-order valence-corrected chi connectivity index (χ4v) is 15.6.